The van der Waals surface area contributed by atoms with E-state index >= 15 is 0 Å². The molecule has 0 fully saturated rings. The number of amides is 1. The first-order valence-corrected chi connectivity index (χ1v) is 6.48. The van der Waals surface area contributed by atoms with Crippen molar-refractivity contribution in [3.8, 4) is 5.75 Å². The fourth-order valence-corrected chi connectivity index (χ4v) is 1.53. The average molecular weight is 281 g/mol. The normalized spacial score (nSPS) is 10.6. The third kappa shape index (κ3) is 5.46. The Morgan fingerprint density at radius 1 is 1.35 bits per heavy atom. The number of likely N-dealkylation sites (N-methyl/N-ethyl adjacent to an activating group) is 1. The predicted octanol–water partition coefficient (Wildman–Crippen LogP) is 0.585. The van der Waals surface area contributed by atoms with Gasteiger partial charge in [0.05, 0.1) is 12.3 Å². The van der Waals surface area contributed by atoms with Crippen LogP contribution in [0.4, 0.5) is 5.69 Å². The third-order valence-corrected chi connectivity index (χ3v) is 2.66. The lowest BCUT2D eigenvalue weighted by Crippen LogP contribution is -2.27. The highest BCUT2D eigenvalue weighted by molar-refractivity contribution is 5.95. The molecule has 0 aliphatic carbocycles. The van der Waals surface area contributed by atoms with Gasteiger partial charge >= 0.3 is 0 Å². The molecule has 1 aromatic rings. The Kier molecular flexibility index (Phi) is 6.83. The molecule has 1 aromatic carbocycles. The van der Waals surface area contributed by atoms with E-state index in [9.17, 15) is 4.79 Å². The summed E-state index contributed by atoms with van der Waals surface area (Å²) >= 11 is 0. The standard InChI is InChI=1S/C14H23N3O3/c1-17(2)7-9-20-13-5-4-11(10-12(13)15)14(18)16-6-8-19-3/h4-5,10H,6-9,15H2,1-3H3,(H,16,18). The number of nitrogens with two attached hydrogens (primary N) is 1. The molecule has 0 bridgehead atoms. The van der Waals surface area contributed by atoms with Gasteiger partial charge in [0.1, 0.15) is 12.4 Å². The number of carbonyl (C=O) groups is 1. The van der Waals surface area contributed by atoms with Crippen molar-refractivity contribution in [3.05, 3.63) is 23.8 Å². The maximum atomic E-state index is 11.8. The minimum atomic E-state index is -0.173. The smallest absolute Gasteiger partial charge is 0.251 e. The van der Waals surface area contributed by atoms with Gasteiger partial charge < -0.3 is 25.4 Å². The summed E-state index contributed by atoms with van der Waals surface area (Å²) < 4.78 is 10.4. The van der Waals surface area contributed by atoms with E-state index in [2.05, 4.69) is 5.32 Å². The Morgan fingerprint density at radius 3 is 2.70 bits per heavy atom. The molecule has 0 saturated heterocycles. The molecule has 0 aromatic heterocycles. The van der Waals surface area contributed by atoms with E-state index in [0.29, 0.717) is 36.8 Å². The molecule has 0 radical (unpaired) electrons. The molecule has 20 heavy (non-hydrogen) atoms. The van der Waals surface area contributed by atoms with Crippen LogP contribution in [0.3, 0.4) is 0 Å². The molecule has 0 heterocycles. The molecular formula is C14H23N3O3. The lowest BCUT2D eigenvalue weighted by atomic mass is 10.1. The fraction of sp³-hybridized carbons (Fsp3) is 0.500. The van der Waals surface area contributed by atoms with Crippen LogP contribution in [0.25, 0.3) is 0 Å². The average Bonchev–Trinajstić information content (AvgIpc) is 2.40. The van der Waals surface area contributed by atoms with E-state index in [1.807, 2.05) is 19.0 Å². The molecule has 0 unspecified atom stereocenters. The zero-order chi connectivity index (χ0) is 15.0. The van der Waals surface area contributed by atoms with Gasteiger partial charge in [-0.25, -0.2) is 0 Å². The van der Waals surface area contributed by atoms with Crippen molar-refractivity contribution in [3.63, 3.8) is 0 Å². The lowest BCUT2D eigenvalue weighted by molar-refractivity contribution is 0.0937. The number of hydrogen-bond acceptors (Lipinski definition) is 5. The predicted molar refractivity (Wildman–Crippen MR) is 79.1 cm³/mol. The molecule has 0 aliphatic heterocycles. The summed E-state index contributed by atoms with van der Waals surface area (Å²) in [6.45, 7) is 2.30. The number of anilines is 1. The molecule has 1 amide bonds. The van der Waals surface area contributed by atoms with E-state index < -0.39 is 0 Å². The topological polar surface area (TPSA) is 76.8 Å². The van der Waals surface area contributed by atoms with E-state index in [-0.39, 0.29) is 5.91 Å². The highest BCUT2D eigenvalue weighted by Gasteiger charge is 2.08. The fourth-order valence-electron chi connectivity index (χ4n) is 1.53. The van der Waals surface area contributed by atoms with E-state index in [1.165, 1.54) is 0 Å². The van der Waals surface area contributed by atoms with Crippen molar-refractivity contribution in [1.82, 2.24) is 10.2 Å². The summed E-state index contributed by atoms with van der Waals surface area (Å²) in [5.41, 5.74) is 6.86. The van der Waals surface area contributed by atoms with Crippen LogP contribution in [-0.2, 0) is 4.74 Å². The lowest BCUT2D eigenvalue weighted by Gasteiger charge is -2.13. The van der Waals surface area contributed by atoms with Crippen LogP contribution in [0, 0.1) is 0 Å². The van der Waals surface area contributed by atoms with E-state index in [0.717, 1.165) is 6.54 Å². The Bertz CT molecular complexity index is 436. The first-order chi connectivity index (χ1) is 9.54. The van der Waals surface area contributed by atoms with Gasteiger partial charge in [-0.3, -0.25) is 4.79 Å². The Balaban J connectivity index is 2.56. The van der Waals surface area contributed by atoms with Gasteiger partial charge in [0.25, 0.3) is 5.91 Å². The summed E-state index contributed by atoms with van der Waals surface area (Å²) in [6.07, 6.45) is 0. The van der Waals surface area contributed by atoms with Crippen LogP contribution < -0.4 is 15.8 Å². The molecule has 0 spiro atoms. The molecule has 3 N–H and O–H groups in total. The van der Waals surface area contributed by atoms with Crippen LogP contribution in [-0.4, -0.2) is 58.3 Å². The quantitative estimate of drug-likeness (QED) is 0.538. The summed E-state index contributed by atoms with van der Waals surface area (Å²) in [5, 5.41) is 2.74. The molecule has 6 heteroatoms. The molecule has 1 rings (SSSR count). The SMILES string of the molecule is COCCNC(=O)c1ccc(OCCN(C)C)c(N)c1. The van der Waals surface area contributed by atoms with Crippen molar-refractivity contribution >= 4 is 11.6 Å². The van der Waals surface area contributed by atoms with Crippen LogP contribution in [0.15, 0.2) is 18.2 Å². The number of benzene rings is 1. The molecule has 6 nitrogen and oxygen atoms in total. The van der Waals surface area contributed by atoms with Crippen molar-refractivity contribution in [2.75, 3.05) is 53.2 Å². The monoisotopic (exact) mass is 281 g/mol. The minimum Gasteiger partial charge on any atom is -0.490 e. The number of methoxy groups -OCH3 is 1. The number of ether oxygens (including phenoxy) is 2. The zero-order valence-corrected chi connectivity index (χ0v) is 12.3. The van der Waals surface area contributed by atoms with Gasteiger partial charge in [-0.1, -0.05) is 0 Å². The van der Waals surface area contributed by atoms with Gasteiger partial charge in [0, 0.05) is 25.8 Å². The number of nitrogen functional groups attached to an aromatic ring is 1. The molecular weight excluding hydrogens is 258 g/mol. The summed E-state index contributed by atoms with van der Waals surface area (Å²) in [4.78, 5) is 13.8. The minimum absolute atomic E-state index is 0.173. The van der Waals surface area contributed by atoms with Gasteiger partial charge in [-0.2, -0.15) is 0 Å². The number of nitrogens with one attached hydrogen (secondary N) is 1. The maximum Gasteiger partial charge on any atom is 0.251 e. The van der Waals surface area contributed by atoms with Crippen molar-refractivity contribution in [1.29, 1.82) is 0 Å². The van der Waals surface area contributed by atoms with Crippen LogP contribution in [0.2, 0.25) is 0 Å². The van der Waals surface area contributed by atoms with E-state index in [4.69, 9.17) is 15.2 Å². The van der Waals surface area contributed by atoms with Crippen molar-refractivity contribution < 1.29 is 14.3 Å². The zero-order valence-electron chi connectivity index (χ0n) is 12.3. The van der Waals surface area contributed by atoms with Crippen molar-refractivity contribution in [2.24, 2.45) is 0 Å². The second-order valence-corrected chi connectivity index (χ2v) is 4.65. The van der Waals surface area contributed by atoms with Crippen molar-refractivity contribution in [2.45, 2.75) is 0 Å². The van der Waals surface area contributed by atoms with Gasteiger partial charge in [-0.05, 0) is 32.3 Å². The summed E-state index contributed by atoms with van der Waals surface area (Å²) in [5.74, 6) is 0.425. The van der Waals surface area contributed by atoms with Gasteiger partial charge in [-0.15, -0.1) is 0 Å². The second kappa shape index (κ2) is 8.39. The highest BCUT2D eigenvalue weighted by atomic mass is 16.5. The first kappa shape index (κ1) is 16.3. The highest BCUT2D eigenvalue weighted by Crippen LogP contribution is 2.22. The van der Waals surface area contributed by atoms with Crippen LogP contribution in [0.1, 0.15) is 10.4 Å². The maximum absolute atomic E-state index is 11.8. The molecule has 0 aliphatic rings. The Labute approximate surface area is 119 Å². The number of carbonyl (C=O) groups excluding carboxylic acids is 1. The number of rotatable bonds is 8. The molecule has 0 saturated carbocycles. The number of nitrogens with zero attached hydrogens (tertiary/aromatic N) is 1. The molecule has 0 atom stereocenters. The first-order valence-electron chi connectivity index (χ1n) is 6.48. The van der Waals surface area contributed by atoms with Gasteiger partial charge in [0.15, 0.2) is 0 Å². The van der Waals surface area contributed by atoms with E-state index in [1.54, 1.807) is 25.3 Å². The van der Waals surface area contributed by atoms with Gasteiger partial charge in [0.2, 0.25) is 0 Å². The molecule has 112 valence electrons. The number of hydrogen-bond donors (Lipinski definition) is 2. The third-order valence-electron chi connectivity index (χ3n) is 2.66. The van der Waals surface area contributed by atoms with Crippen LogP contribution in [0.5, 0.6) is 5.75 Å². The Morgan fingerprint density at radius 2 is 2.10 bits per heavy atom. The Hall–Kier alpha value is -1.79. The van der Waals surface area contributed by atoms with Crippen LogP contribution >= 0.6 is 0 Å². The summed E-state index contributed by atoms with van der Waals surface area (Å²) in [6, 6.07) is 5.03. The largest absolute Gasteiger partial charge is 0.490 e. The summed E-state index contributed by atoms with van der Waals surface area (Å²) in [7, 11) is 5.53. The second-order valence-electron chi connectivity index (χ2n) is 4.65.